The Morgan fingerprint density at radius 2 is 2.00 bits per heavy atom. The number of aromatic nitrogens is 4. The number of likely N-dealkylation sites (N-methyl/N-ethyl adjacent to an activating group) is 1. The van der Waals surface area contributed by atoms with E-state index in [2.05, 4.69) is 26.2 Å². The first kappa shape index (κ1) is 28.8. The third kappa shape index (κ3) is 5.86. The van der Waals surface area contributed by atoms with E-state index in [1.165, 1.54) is 52.3 Å². The van der Waals surface area contributed by atoms with Crippen molar-refractivity contribution in [2.75, 3.05) is 18.6 Å². The summed E-state index contributed by atoms with van der Waals surface area (Å²) in [4.78, 5) is 65.5. The van der Waals surface area contributed by atoms with Gasteiger partial charge in [0.2, 0.25) is 11.1 Å². The van der Waals surface area contributed by atoms with E-state index in [-0.39, 0.29) is 11.4 Å². The number of imide groups is 1. The highest BCUT2D eigenvalue weighted by atomic mass is 32.2. The molecule has 2 unspecified atom stereocenters. The molecule has 0 radical (unpaired) electrons. The van der Waals surface area contributed by atoms with Gasteiger partial charge < -0.3 is 15.7 Å². The predicted molar refractivity (Wildman–Crippen MR) is 145 cm³/mol. The van der Waals surface area contributed by atoms with Gasteiger partial charge in [-0.3, -0.25) is 24.2 Å². The smallest absolute Gasteiger partial charge is 0.352 e. The minimum absolute atomic E-state index is 0.126. The molecule has 3 N–H and O–H groups in total. The van der Waals surface area contributed by atoms with Crippen LogP contribution in [-0.2, 0) is 26.2 Å². The number of nitrogens with one attached hydrogen (secondary N) is 2. The van der Waals surface area contributed by atoms with E-state index in [1.807, 2.05) is 0 Å². The van der Waals surface area contributed by atoms with E-state index >= 15 is 0 Å². The maximum atomic E-state index is 13.4. The Kier molecular flexibility index (Phi) is 8.89. The molecule has 0 bridgehead atoms. The summed E-state index contributed by atoms with van der Waals surface area (Å²) in [5, 5.41) is 26.2. The van der Waals surface area contributed by atoms with Gasteiger partial charge in [-0.15, -0.1) is 16.9 Å². The molecule has 5 amide bonds. The van der Waals surface area contributed by atoms with Crippen LogP contribution in [0, 0.1) is 0 Å². The summed E-state index contributed by atoms with van der Waals surface area (Å²) < 4.78 is 1.46. The van der Waals surface area contributed by atoms with Gasteiger partial charge in [-0.05, 0) is 34.6 Å². The van der Waals surface area contributed by atoms with Gasteiger partial charge in [0.25, 0.3) is 11.8 Å². The van der Waals surface area contributed by atoms with Crippen LogP contribution in [0.5, 0.6) is 0 Å². The summed E-state index contributed by atoms with van der Waals surface area (Å²) in [6, 6.07) is 5.34. The summed E-state index contributed by atoms with van der Waals surface area (Å²) >= 11 is 2.57. The molecule has 0 aliphatic carbocycles. The number of carboxylic acid groups (broad SMARTS) is 1. The predicted octanol–water partition coefficient (Wildman–Crippen LogP) is 0.526. The van der Waals surface area contributed by atoms with Crippen molar-refractivity contribution in [2.24, 2.45) is 7.05 Å². The molecule has 14 nitrogen and oxygen atoms in total. The summed E-state index contributed by atoms with van der Waals surface area (Å²) in [5.41, 5.74) is 0.839. The van der Waals surface area contributed by atoms with Crippen molar-refractivity contribution >= 4 is 53.2 Å². The van der Waals surface area contributed by atoms with Crippen molar-refractivity contribution in [1.29, 1.82) is 0 Å². The number of carbonyl (C=O) groups is 5. The van der Waals surface area contributed by atoms with Crippen LogP contribution >= 0.6 is 23.5 Å². The molecule has 1 fully saturated rings. The highest BCUT2D eigenvalue weighted by Gasteiger charge is 2.54. The SMILES string of the molecule is CC=CC(=O)N(C)C(=O)NC(C(=O)NC1C(=O)N2C(C(=O)O)=C(CSc3nnnn3C)CS[C@@H]12)c1ccccc1. The molecule has 210 valence electrons. The number of carbonyl (C=O) groups excluding carboxylic acids is 4. The lowest BCUT2D eigenvalue weighted by Crippen LogP contribution is -2.71. The van der Waals surface area contributed by atoms with Crippen molar-refractivity contribution in [1.82, 2.24) is 40.6 Å². The molecule has 1 aromatic carbocycles. The van der Waals surface area contributed by atoms with Gasteiger partial charge in [-0.2, -0.15) is 0 Å². The monoisotopic (exact) mass is 586 g/mol. The van der Waals surface area contributed by atoms with Crippen molar-refractivity contribution in [2.45, 2.75) is 29.5 Å². The number of tetrazole rings is 1. The number of carboxylic acids is 1. The van der Waals surface area contributed by atoms with Gasteiger partial charge in [-0.1, -0.05) is 48.2 Å². The molecule has 0 spiro atoms. The standard InChI is InChI=1S/C24H26N8O6S2/c1-4-8-15(33)30(2)23(38)26-16(13-9-6-5-7-10-13)19(34)25-17-20(35)32-18(22(36)37)14(11-39-21(17)32)12-40-24-27-28-29-31(24)3/h4-10,16-17,21H,11-12H2,1-3H3,(H,25,34)(H,26,38)(H,36,37)/t16?,17?,21-/m0/s1. The molecule has 4 rings (SSSR count). The van der Waals surface area contributed by atoms with Crippen LogP contribution in [0.3, 0.4) is 0 Å². The van der Waals surface area contributed by atoms with Gasteiger partial charge in [-0.25, -0.2) is 14.3 Å². The first-order valence-electron chi connectivity index (χ1n) is 11.9. The summed E-state index contributed by atoms with van der Waals surface area (Å²) in [5.74, 6) is -2.51. The van der Waals surface area contributed by atoms with Crippen LogP contribution in [0.2, 0.25) is 0 Å². The zero-order chi connectivity index (χ0) is 29.0. The van der Waals surface area contributed by atoms with Crippen LogP contribution in [0.1, 0.15) is 18.5 Å². The second-order valence-electron chi connectivity index (χ2n) is 8.72. The van der Waals surface area contributed by atoms with Crippen molar-refractivity contribution in [3.63, 3.8) is 0 Å². The summed E-state index contributed by atoms with van der Waals surface area (Å²) in [7, 11) is 2.94. The molecular formula is C24H26N8O6S2. The number of aliphatic carboxylic acids is 1. The number of thioether (sulfide) groups is 2. The van der Waals surface area contributed by atoms with Gasteiger partial charge in [0.15, 0.2) is 0 Å². The fraction of sp³-hybridized carbons (Fsp3) is 0.333. The molecule has 2 aliphatic heterocycles. The van der Waals surface area contributed by atoms with Gasteiger partial charge in [0, 0.05) is 25.6 Å². The van der Waals surface area contributed by atoms with Crippen molar-refractivity contribution in [3.8, 4) is 0 Å². The lowest BCUT2D eigenvalue weighted by molar-refractivity contribution is -0.151. The average molecular weight is 587 g/mol. The molecule has 16 heteroatoms. The van der Waals surface area contributed by atoms with Gasteiger partial charge in [0.1, 0.15) is 23.2 Å². The Hall–Kier alpha value is -4.18. The number of amides is 5. The number of β-lactam (4-membered cyclic amide) rings is 1. The first-order valence-corrected chi connectivity index (χ1v) is 14.0. The number of aryl methyl sites for hydroxylation is 1. The van der Waals surface area contributed by atoms with Crippen molar-refractivity contribution in [3.05, 3.63) is 59.3 Å². The molecule has 2 aromatic rings. The number of fused-ring (bicyclic) bond motifs is 1. The van der Waals surface area contributed by atoms with Crippen LogP contribution in [-0.4, -0.2) is 94.8 Å². The Balaban J connectivity index is 1.49. The second kappa shape index (κ2) is 12.3. The number of benzene rings is 1. The van der Waals surface area contributed by atoms with E-state index in [0.717, 1.165) is 4.90 Å². The summed E-state index contributed by atoms with van der Waals surface area (Å²) in [6.45, 7) is 1.63. The minimum atomic E-state index is -1.25. The molecule has 40 heavy (non-hydrogen) atoms. The minimum Gasteiger partial charge on any atom is -0.477 e. The molecule has 0 saturated carbocycles. The first-order chi connectivity index (χ1) is 19.1. The topological polar surface area (TPSA) is 180 Å². The normalized spacial score (nSPS) is 19.1. The van der Waals surface area contributed by atoms with E-state index < -0.39 is 47.2 Å². The number of urea groups is 1. The Bertz CT molecular complexity index is 1390. The maximum absolute atomic E-state index is 13.4. The maximum Gasteiger partial charge on any atom is 0.352 e. The van der Waals surface area contributed by atoms with Gasteiger partial charge in [0.05, 0.1) is 0 Å². The molecule has 3 atom stereocenters. The van der Waals surface area contributed by atoms with Crippen LogP contribution in [0.25, 0.3) is 0 Å². The third-order valence-corrected chi connectivity index (χ3v) is 8.55. The largest absolute Gasteiger partial charge is 0.477 e. The Morgan fingerprint density at radius 3 is 2.62 bits per heavy atom. The van der Waals surface area contributed by atoms with Crippen LogP contribution in [0.4, 0.5) is 4.79 Å². The molecule has 3 heterocycles. The van der Waals surface area contributed by atoms with Crippen molar-refractivity contribution < 1.29 is 29.1 Å². The molecular weight excluding hydrogens is 560 g/mol. The number of hydrogen-bond donors (Lipinski definition) is 3. The average Bonchev–Trinajstić information content (AvgIpc) is 3.36. The van der Waals surface area contributed by atoms with E-state index in [4.69, 9.17) is 0 Å². The number of hydrogen-bond acceptors (Lipinski definition) is 10. The van der Waals surface area contributed by atoms with Gasteiger partial charge >= 0.3 is 12.0 Å². The summed E-state index contributed by atoms with van der Waals surface area (Å²) in [6.07, 6.45) is 2.70. The quantitative estimate of drug-likeness (QED) is 0.212. The van der Waals surface area contributed by atoms with E-state index in [0.29, 0.717) is 22.0 Å². The lowest BCUT2D eigenvalue weighted by Gasteiger charge is -2.49. The third-order valence-electron chi connectivity index (χ3n) is 6.11. The van der Waals surface area contributed by atoms with Crippen LogP contribution in [0.15, 0.2) is 58.9 Å². The number of allylic oxidation sites excluding steroid dienone is 1. The lowest BCUT2D eigenvalue weighted by atomic mass is 10.0. The van der Waals surface area contributed by atoms with E-state index in [9.17, 15) is 29.1 Å². The number of nitrogens with zero attached hydrogens (tertiary/aromatic N) is 6. The fourth-order valence-corrected chi connectivity index (χ4v) is 6.38. The molecule has 1 aromatic heterocycles. The molecule has 1 saturated heterocycles. The zero-order valence-corrected chi connectivity index (χ0v) is 23.3. The molecule has 2 aliphatic rings. The zero-order valence-electron chi connectivity index (χ0n) is 21.7. The Morgan fingerprint density at radius 1 is 1.27 bits per heavy atom. The number of rotatable bonds is 9. The highest BCUT2D eigenvalue weighted by molar-refractivity contribution is 8.01. The fourth-order valence-electron chi connectivity index (χ4n) is 4.05. The van der Waals surface area contributed by atoms with E-state index in [1.54, 1.807) is 44.3 Å². The Labute approximate surface area is 237 Å². The second-order valence-corrected chi connectivity index (χ2v) is 10.8. The van der Waals surface area contributed by atoms with Crippen LogP contribution < -0.4 is 10.6 Å². The highest BCUT2D eigenvalue weighted by Crippen LogP contribution is 2.41.